The summed E-state index contributed by atoms with van der Waals surface area (Å²) in [5.74, 6) is -0.181. The maximum atomic E-state index is 12.9. The third-order valence-corrected chi connectivity index (χ3v) is 5.34. The van der Waals surface area contributed by atoms with Gasteiger partial charge in [0.15, 0.2) is 5.16 Å². The number of para-hydroxylation sites is 1. The van der Waals surface area contributed by atoms with Crippen LogP contribution in [0.15, 0.2) is 58.5 Å². The van der Waals surface area contributed by atoms with Gasteiger partial charge in [-0.25, -0.2) is 4.98 Å². The molecule has 5 nitrogen and oxygen atoms in total. The minimum Gasteiger partial charge on any atom is -0.325 e. The molecule has 0 radical (unpaired) electrons. The van der Waals surface area contributed by atoms with Gasteiger partial charge in [0, 0.05) is 16.8 Å². The molecule has 0 bridgehead atoms. The molecule has 1 N–H and O–H groups in total. The molecule has 3 aromatic rings. The minimum atomic E-state index is -0.443. The van der Waals surface area contributed by atoms with Crippen molar-refractivity contribution in [2.75, 3.05) is 5.32 Å². The molecular formula is C20H20ClN3O2S. The zero-order chi connectivity index (χ0) is 19.6. The molecule has 1 amide bonds. The van der Waals surface area contributed by atoms with E-state index in [9.17, 15) is 9.59 Å². The van der Waals surface area contributed by atoms with Crippen molar-refractivity contribution < 1.29 is 4.79 Å². The van der Waals surface area contributed by atoms with E-state index in [1.165, 1.54) is 11.8 Å². The molecule has 0 aliphatic rings. The molecule has 0 spiro atoms. The number of carbonyl (C=O) groups is 1. The number of nitrogens with one attached hydrogen (secondary N) is 1. The molecular weight excluding hydrogens is 382 g/mol. The Hall–Kier alpha value is -2.31. The third-order valence-electron chi connectivity index (χ3n) is 4.04. The number of halogens is 1. The predicted octanol–water partition coefficient (Wildman–Crippen LogP) is 4.75. The van der Waals surface area contributed by atoms with Gasteiger partial charge in [-0.2, -0.15) is 0 Å². The minimum absolute atomic E-state index is 0.0692. The van der Waals surface area contributed by atoms with E-state index < -0.39 is 5.25 Å². The summed E-state index contributed by atoms with van der Waals surface area (Å²) in [4.78, 5) is 30.1. The molecule has 0 aliphatic heterocycles. The lowest BCUT2D eigenvalue weighted by Gasteiger charge is -2.18. The number of amides is 1. The van der Waals surface area contributed by atoms with Crippen LogP contribution in [0.1, 0.15) is 26.8 Å². The van der Waals surface area contributed by atoms with Gasteiger partial charge in [-0.1, -0.05) is 41.6 Å². The first kappa shape index (κ1) is 19.5. The van der Waals surface area contributed by atoms with Crippen LogP contribution in [-0.2, 0) is 4.79 Å². The van der Waals surface area contributed by atoms with E-state index >= 15 is 0 Å². The van der Waals surface area contributed by atoms with Crippen LogP contribution in [0.3, 0.4) is 0 Å². The van der Waals surface area contributed by atoms with E-state index in [0.717, 1.165) is 0 Å². The van der Waals surface area contributed by atoms with Crippen LogP contribution < -0.4 is 10.9 Å². The number of carbonyl (C=O) groups excluding carboxylic acids is 1. The van der Waals surface area contributed by atoms with Crippen molar-refractivity contribution in [1.29, 1.82) is 0 Å². The number of hydrogen-bond acceptors (Lipinski definition) is 4. The standard InChI is InChI=1S/C20H20ClN3O2S/c1-12(2)24-19(26)16-9-4-5-10-17(16)23-20(24)27-13(3)18(25)22-15-8-6-7-14(21)11-15/h4-13H,1-3H3,(H,22,25)/t13-/m0/s1. The van der Waals surface area contributed by atoms with Crippen LogP contribution >= 0.6 is 23.4 Å². The van der Waals surface area contributed by atoms with Crippen molar-refractivity contribution in [2.45, 2.75) is 37.2 Å². The van der Waals surface area contributed by atoms with Crippen LogP contribution in [-0.4, -0.2) is 20.7 Å². The van der Waals surface area contributed by atoms with Gasteiger partial charge >= 0.3 is 0 Å². The fourth-order valence-electron chi connectivity index (χ4n) is 2.69. The maximum absolute atomic E-state index is 12.9. The lowest BCUT2D eigenvalue weighted by atomic mass is 10.2. The number of hydrogen-bond donors (Lipinski definition) is 1. The molecule has 140 valence electrons. The molecule has 2 aromatic carbocycles. The van der Waals surface area contributed by atoms with Crippen LogP contribution in [0, 0.1) is 0 Å². The van der Waals surface area contributed by atoms with Gasteiger partial charge in [0.2, 0.25) is 5.91 Å². The number of thioether (sulfide) groups is 1. The number of nitrogens with zero attached hydrogens (tertiary/aromatic N) is 2. The molecule has 1 atom stereocenters. The van der Waals surface area contributed by atoms with Gasteiger partial charge in [-0.05, 0) is 51.1 Å². The third kappa shape index (κ3) is 4.34. The Morgan fingerprint density at radius 3 is 2.59 bits per heavy atom. The van der Waals surface area contributed by atoms with Gasteiger partial charge in [0.25, 0.3) is 5.56 Å². The number of fused-ring (bicyclic) bond motifs is 1. The average Bonchev–Trinajstić information content (AvgIpc) is 2.61. The van der Waals surface area contributed by atoms with Crippen molar-refractivity contribution in [2.24, 2.45) is 0 Å². The van der Waals surface area contributed by atoms with Crippen LogP contribution in [0.25, 0.3) is 10.9 Å². The van der Waals surface area contributed by atoms with Gasteiger partial charge in [0.1, 0.15) is 0 Å². The second kappa shape index (κ2) is 8.15. The summed E-state index contributed by atoms with van der Waals surface area (Å²) < 4.78 is 1.64. The quantitative estimate of drug-likeness (QED) is 0.495. The number of aromatic nitrogens is 2. The predicted molar refractivity (Wildman–Crippen MR) is 112 cm³/mol. The van der Waals surface area contributed by atoms with Crippen molar-refractivity contribution in [1.82, 2.24) is 9.55 Å². The topological polar surface area (TPSA) is 64.0 Å². The van der Waals surface area contributed by atoms with Crippen LogP contribution in [0.5, 0.6) is 0 Å². The molecule has 1 aromatic heterocycles. The first-order valence-electron chi connectivity index (χ1n) is 8.61. The highest BCUT2D eigenvalue weighted by molar-refractivity contribution is 8.00. The zero-order valence-electron chi connectivity index (χ0n) is 15.3. The summed E-state index contributed by atoms with van der Waals surface area (Å²) in [7, 11) is 0. The highest BCUT2D eigenvalue weighted by Gasteiger charge is 2.20. The second-order valence-electron chi connectivity index (χ2n) is 6.44. The first-order valence-corrected chi connectivity index (χ1v) is 9.87. The smallest absolute Gasteiger partial charge is 0.262 e. The Labute approximate surface area is 166 Å². The number of rotatable bonds is 5. The summed E-state index contributed by atoms with van der Waals surface area (Å²) in [6.07, 6.45) is 0. The normalized spacial score (nSPS) is 12.3. The number of anilines is 1. The average molecular weight is 402 g/mol. The van der Waals surface area contributed by atoms with Crippen molar-refractivity contribution in [3.05, 3.63) is 63.9 Å². The molecule has 7 heteroatoms. The van der Waals surface area contributed by atoms with Gasteiger partial charge in [-0.3, -0.25) is 14.2 Å². The second-order valence-corrected chi connectivity index (χ2v) is 8.18. The van der Waals surface area contributed by atoms with E-state index in [-0.39, 0.29) is 17.5 Å². The molecule has 0 saturated heterocycles. The van der Waals surface area contributed by atoms with Crippen molar-refractivity contribution in [3.63, 3.8) is 0 Å². The Kier molecular flexibility index (Phi) is 5.87. The monoisotopic (exact) mass is 401 g/mol. The van der Waals surface area contributed by atoms with E-state index in [4.69, 9.17) is 11.6 Å². The van der Waals surface area contributed by atoms with Gasteiger partial charge in [0.05, 0.1) is 16.2 Å². The highest BCUT2D eigenvalue weighted by Crippen LogP contribution is 2.26. The Bertz CT molecular complexity index is 1050. The number of benzene rings is 2. The molecule has 27 heavy (non-hydrogen) atoms. The van der Waals surface area contributed by atoms with Gasteiger partial charge < -0.3 is 5.32 Å². The van der Waals surface area contributed by atoms with E-state index in [1.54, 1.807) is 41.8 Å². The molecule has 3 rings (SSSR count). The lowest BCUT2D eigenvalue weighted by molar-refractivity contribution is -0.115. The fourth-order valence-corrected chi connectivity index (χ4v) is 3.92. The molecule has 0 unspecified atom stereocenters. The van der Waals surface area contributed by atoms with Crippen LogP contribution in [0.2, 0.25) is 5.02 Å². The first-order chi connectivity index (χ1) is 12.9. The molecule has 0 saturated carbocycles. The largest absolute Gasteiger partial charge is 0.325 e. The fraction of sp³-hybridized carbons (Fsp3) is 0.250. The lowest BCUT2D eigenvalue weighted by Crippen LogP contribution is -2.28. The highest BCUT2D eigenvalue weighted by atomic mass is 35.5. The zero-order valence-corrected chi connectivity index (χ0v) is 16.8. The van der Waals surface area contributed by atoms with Crippen molar-refractivity contribution >= 4 is 45.9 Å². The summed E-state index contributed by atoms with van der Waals surface area (Å²) in [6.45, 7) is 5.65. The maximum Gasteiger partial charge on any atom is 0.262 e. The van der Waals surface area contributed by atoms with E-state index in [1.807, 2.05) is 32.0 Å². The SMILES string of the molecule is CC(C)n1c(S[C@@H](C)C(=O)Nc2cccc(Cl)c2)nc2ccccc2c1=O. The molecule has 1 heterocycles. The summed E-state index contributed by atoms with van der Waals surface area (Å²) in [5.41, 5.74) is 1.16. The van der Waals surface area contributed by atoms with Gasteiger partial charge in [-0.15, -0.1) is 0 Å². The Balaban J connectivity index is 1.89. The van der Waals surface area contributed by atoms with E-state index in [2.05, 4.69) is 10.3 Å². The molecule has 0 aliphatic carbocycles. The van der Waals surface area contributed by atoms with E-state index in [0.29, 0.717) is 26.8 Å². The van der Waals surface area contributed by atoms with Crippen LogP contribution in [0.4, 0.5) is 5.69 Å². The molecule has 0 fully saturated rings. The summed E-state index contributed by atoms with van der Waals surface area (Å²) in [5, 5.41) is 4.06. The van der Waals surface area contributed by atoms with Crippen molar-refractivity contribution in [3.8, 4) is 0 Å². The summed E-state index contributed by atoms with van der Waals surface area (Å²) >= 11 is 7.23. The Morgan fingerprint density at radius 1 is 1.15 bits per heavy atom. The summed E-state index contributed by atoms with van der Waals surface area (Å²) in [6, 6.07) is 14.2. The Morgan fingerprint density at radius 2 is 1.89 bits per heavy atom.